The molecule has 2 N–H and O–H groups in total. The summed E-state index contributed by atoms with van der Waals surface area (Å²) in [7, 11) is 0. The molecule has 4 rings (SSSR count). The van der Waals surface area contributed by atoms with Crippen molar-refractivity contribution < 1.29 is 28.8 Å². The lowest BCUT2D eigenvalue weighted by molar-refractivity contribution is -0.333. The van der Waals surface area contributed by atoms with Crippen molar-refractivity contribution in [2.75, 3.05) is 6.61 Å². The van der Waals surface area contributed by atoms with Crippen LogP contribution in [0.4, 0.5) is 0 Å². The van der Waals surface area contributed by atoms with Crippen molar-refractivity contribution in [3.63, 3.8) is 0 Å². The topological polar surface area (TPSA) is 86.3 Å². The predicted octanol–water partition coefficient (Wildman–Crippen LogP) is 3.07. The summed E-state index contributed by atoms with van der Waals surface area (Å²) in [4.78, 5) is 11.9. The van der Waals surface area contributed by atoms with Crippen LogP contribution >= 0.6 is 0 Å². The lowest BCUT2D eigenvalue weighted by Gasteiger charge is -2.47. The number of aliphatic hydroxyl groups is 1. The molecule has 0 bridgehead atoms. The van der Waals surface area contributed by atoms with Gasteiger partial charge in [0.2, 0.25) is 12.2 Å². The Labute approximate surface area is 188 Å². The molecule has 2 fully saturated rings. The van der Waals surface area contributed by atoms with Crippen LogP contribution in [-0.4, -0.2) is 48.3 Å². The Morgan fingerprint density at radius 1 is 1.06 bits per heavy atom. The van der Waals surface area contributed by atoms with Crippen LogP contribution in [0.1, 0.15) is 45.1 Å². The average Bonchev–Trinajstić information content (AvgIpc) is 2.76. The van der Waals surface area contributed by atoms with Crippen molar-refractivity contribution in [2.24, 2.45) is 0 Å². The first-order valence-electron chi connectivity index (χ1n) is 10.9. The first kappa shape index (κ1) is 22.7. The number of carbonyl (C=O) groups excluding carboxylic acids is 1. The molecular formula is C25H31NO6. The second-order valence-electron chi connectivity index (χ2n) is 9.33. The third-order valence-corrected chi connectivity index (χ3v) is 5.78. The van der Waals surface area contributed by atoms with Gasteiger partial charge in [0.1, 0.15) is 30.1 Å². The maximum Gasteiger partial charge on any atom is 0.223 e. The third-order valence-electron chi connectivity index (χ3n) is 5.78. The number of hydrogen-bond donors (Lipinski definition) is 2. The van der Waals surface area contributed by atoms with Gasteiger partial charge in [-0.1, -0.05) is 63.2 Å². The molecule has 7 nitrogen and oxygen atoms in total. The van der Waals surface area contributed by atoms with Gasteiger partial charge in [0.15, 0.2) is 6.29 Å². The van der Waals surface area contributed by atoms with Gasteiger partial charge in [0, 0.05) is 12.5 Å². The molecule has 0 radical (unpaired) electrons. The van der Waals surface area contributed by atoms with E-state index >= 15 is 0 Å². The normalized spacial score (nSPS) is 30.3. The Bertz CT molecular complexity index is 910. The quantitative estimate of drug-likeness (QED) is 0.759. The van der Waals surface area contributed by atoms with Crippen LogP contribution in [0.2, 0.25) is 0 Å². The van der Waals surface area contributed by atoms with Gasteiger partial charge in [-0.15, -0.1) is 0 Å². The van der Waals surface area contributed by atoms with Crippen molar-refractivity contribution in [2.45, 2.75) is 70.0 Å². The van der Waals surface area contributed by atoms with Crippen molar-refractivity contribution in [3.05, 3.63) is 65.7 Å². The van der Waals surface area contributed by atoms with Crippen LogP contribution in [0.25, 0.3) is 0 Å². The minimum Gasteiger partial charge on any atom is -0.463 e. The van der Waals surface area contributed by atoms with Crippen LogP contribution in [-0.2, 0) is 24.4 Å². The van der Waals surface area contributed by atoms with E-state index in [1.54, 1.807) is 0 Å². The highest BCUT2D eigenvalue weighted by atomic mass is 16.7. The van der Waals surface area contributed by atoms with E-state index in [0.29, 0.717) is 5.75 Å². The minimum absolute atomic E-state index is 0.0219. The van der Waals surface area contributed by atoms with Gasteiger partial charge < -0.3 is 29.4 Å². The molecular weight excluding hydrogens is 410 g/mol. The van der Waals surface area contributed by atoms with Gasteiger partial charge in [0.05, 0.1) is 6.61 Å². The van der Waals surface area contributed by atoms with Crippen LogP contribution in [0, 0.1) is 0 Å². The first-order chi connectivity index (χ1) is 15.2. The molecule has 1 amide bonds. The van der Waals surface area contributed by atoms with Crippen LogP contribution in [0.15, 0.2) is 54.6 Å². The van der Waals surface area contributed by atoms with E-state index in [9.17, 15) is 9.90 Å². The lowest BCUT2D eigenvalue weighted by atomic mass is 9.87. The molecule has 2 heterocycles. The molecule has 32 heavy (non-hydrogen) atoms. The van der Waals surface area contributed by atoms with E-state index in [1.165, 1.54) is 12.5 Å². The van der Waals surface area contributed by atoms with Crippen LogP contribution in [0.5, 0.6) is 5.75 Å². The minimum atomic E-state index is -1.04. The molecule has 0 aromatic heterocycles. The largest absolute Gasteiger partial charge is 0.463 e. The summed E-state index contributed by atoms with van der Waals surface area (Å²) in [6, 6.07) is 16.5. The van der Waals surface area contributed by atoms with Crippen molar-refractivity contribution >= 4 is 5.91 Å². The molecule has 0 aliphatic carbocycles. The van der Waals surface area contributed by atoms with E-state index in [0.717, 1.165) is 5.56 Å². The van der Waals surface area contributed by atoms with E-state index in [1.807, 2.05) is 54.6 Å². The fourth-order valence-electron chi connectivity index (χ4n) is 4.03. The molecule has 2 aliphatic heterocycles. The molecule has 6 atom stereocenters. The van der Waals surface area contributed by atoms with E-state index < -0.39 is 36.9 Å². The van der Waals surface area contributed by atoms with Gasteiger partial charge >= 0.3 is 0 Å². The summed E-state index contributed by atoms with van der Waals surface area (Å²) in [5, 5.41) is 13.9. The number of benzene rings is 2. The highest BCUT2D eigenvalue weighted by Gasteiger charge is 2.50. The van der Waals surface area contributed by atoms with Gasteiger partial charge in [-0.05, 0) is 23.1 Å². The Kier molecular flexibility index (Phi) is 6.53. The van der Waals surface area contributed by atoms with Gasteiger partial charge in [-0.3, -0.25) is 4.79 Å². The second-order valence-corrected chi connectivity index (χ2v) is 9.33. The lowest BCUT2D eigenvalue weighted by Crippen LogP contribution is -2.67. The number of aliphatic hydroxyl groups excluding tert-OH is 1. The first-order valence-corrected chi connectivity index (χ1v) is 10.9. The number of nitrogens with one attached hydrogen (secondary N) is 1. The van der Waals surface area contributed by atoms with E-state index in [-0.39, 0.29) is 17.9 Å². The highest BCUT2D eigenvalue weighted by Crippen LogP contribution is 2.35. The van der Waals surface area contributed by atoms with Gasteiger partial charge in [-0.2, -0.15) is 0 Å². The van der Waals surface area contributed by atoms with Crippen LogP contribution in [0.3, 0.4) is 0 Å². The zero-order valence-electron chi connectivity index (χ0n) is 18.9. The Morgan fingerprint density at radius 2 is 1.75 bits per heavy atom. The average molecular weight is 442 g/mol. The molecule has 2 saturated heterocycles. The zero-order valence-corrected chi connectivity index (χ0v) is 18.9. The molecule has 7 heteroatoms. The third kappa shape index (κ3) is 4.96. The standard InChI is InChI=1S/C25H31NO6/c1-15(27)26-20-21(28)22-19(14-29-23(32-22)16-8-6-5-7-9-16)31-24(20)30-18-12-10-17(11-13-18)25(2,3)4/h5-13,19-24,28H,14H2,1-4H3,(H,26,27)/t19-,20+,21-,22+,23+,24+/m1/s1. The highest BCUT2D eigenvalue weighted by molar-refractivity contribution is 5.73. The smallest absolute Gasteiger partial charge is 0.223 e. The molecule has 2 aromatic carbocycles. The summed E-state index contributed by atoms with van der Waals surface area (Å²) in [5.74, 6) is 0.295. The molecule has 0 saturated carbocycles. The van der Waals surface area contributed by atoms with Crippen molar-refractivity contribution in [1.29, 1.82) is 0 Å². The maximum atomic E-state index is 11.9. The SMILES string of the molecule is CC(=O)N[C@@H]1[C@@H](Oc2ccc(C(C)(C)C)cc2)O[C@@H]2CO[C@H](c3ccccc3)O[C@@H]2[C@@H]1O. The number of carbonyl (C=O) groups is 1. The van der Waals surface area contributed by atoms with E-state index in [4.69, 9.17) is 18.9 Å². The number of amides is 1. The van der Waals surface area contributed by atoms with Crippen LogP contribution < -0.4 is 10.1 Å². The second kappa shape index (κ2) is 9.19. The van der Waals surface area contributed by atoms with Gasteiger partial charge in [0.25, 0.3) is 0 Å². The molecule has 2 aliphatic rings. The zero-order chi connectivity index (χ0) is 22.9. The monoisotopic (exact) mass is 441 g/mol. The Hall–Kier alpha value is -2.45. The predicted molar refractivity (Wildman–Crippen MR) is 118 cm³/mol. The number of fused-ring (bicyclic) bond motifs is 1. The molecule has 172 valence electrons. The summed E-state index contributed by atoms with van der Waals surface area (Å²) in [6.45, 7) is 8.05. The summed E-state index contributed by atoms with van der Waals surface area (Å²) in [5.41, 5.74) is 2.05. The Morgan fingerprint density at radius 3 is 2.38 bits per heavy atom. The molecule has 2 aromatic rings. The summed E-state index contributed by atoms with van der Waals surface area (Å²) < 4.78 is 24.1. The number of hydrogen-bond acceptors (Lipinski definition) is 6. The van der Waals surface area contributed by atoms with Crippen molar-refractivity contribution in [1.82, 2.24) is 5.32 Å². The summed E-state index contributed by atoms with van der Waals surface area (Å²) in [6.07, 6.45) is -3.75. The van der Waals surface area contributed by atoms with E-state index in [2.05, 4.69) is 26.1 Å². The number of rotatable bonds is 4. The number of ether oxygens (including phenoxy) is 4. The maximum absolute atomic E-state index is 11.9. The van der Waals surface area contributed by atoms with Crippen molar-refractivity contribution in [3.8, 4) is 5.75 Å². The molecule has 0 spiro atoms. The fraction of sp³-hybridized carbons (Fsp3) is 0.480. The molecule has 0 unspecified atom stereocenters. The summed E-state index contributed by atoms with van der Waals surface area (Å²) >= 11 is 0. The fourth-order valence-corrected chi connectivity index (χ4v) is 4.03. The van der Waals surface area contributed by atoms with Gasteiger partial charge in [-0.25, -0.2) is 0 Å². The Balaban J connectivity index is 1.51.